The molecule has 2 aromatic rings. The number of carbonyl (C=O) groups is 1. The third-order valence-electron chi connectivity index (χ3n) is 2.26. The van der Waals surface area contributed by atoms with Gasteiger partial charge in [-0.05, 0) is 19.1 Å². The first-order chi connectivity index (χ1) is 8.63. The van der Waals surface area contributed by atoms with Gasteiger partial charge >= 0.3 is 0 Å². The molecule has 18 heavy (non-hydrogen) atoms. The van der Waals surface area contributed by atoms with E-state index in [0.29, 0.717) is 6.54 Å². The molecule has 1 aromatic carbocycles. The van der Waals surface area contributed by atoms with Gasteiger partial charge in [0.2, 0.25) is 0 Å². The second-order valence-corrected chi connectivity index (χ2v) is 3.53. The highest BCUT2D eigenvalue weighted by molar-refractivity contribution is 5.90. The van der Waals surface area contributed by atoms with E-state index in [1.165, 1.54) is 0 Å². The SMILES string of the molecule is CCNC(=O)c1noc(-c2cccc(N)c2O)n1. The van der Waals surface area contributed by atoms with E-state index in [2.05, 4.69) is 15.5 Å². The zero-order valence-corrected chi connectivity index (χ0v) is 9.67. The van der Waals surface area contributed by atoms with E-state index in [9.17, 15) is 9.90 Å². The number of hydrogen-bond acceptors (Lipinski definition) is 6. The number of phenols is 1. The van der Waals surface area contributed by atoms with E-state index >= 15 is 0 Å². The maximum atomic E-state index is 11.5. The third-order valence-corrected chi connectivity index (χ3v) is 2.26. The van der Waals surface area contributed by atoms with Crippen LogP contribution in [0.25, 0.3) is 11.5 Å². The van der Waals surface area contributed by atoms with Crippen molar-refractivity contribution in [2.45, 2.75) is 6.92 Å². The van der Waals surface area contributed by atoms with Gasteiger partial charge in [0, 0.05) is 6.54 Å². The van der Waals surface area contributed by atoms with Crippen LogP contribution in [0.15, 0.2) is 22.7 Å². The molecule has 0 atom stereocenters. The van der Waals surface area contributed by atoms with Crippen LogP contribution >= 0.6 is 0 Å². The van der Waals surface area contributed by atoms with Gasteiger partial charge in [-0.15, -0.1) is 0 Å². The Kier molecular flexibility index (Phi) is 3.13. The van der Waals surface area contributed by atoms with Crippen molar-refractivity contribution in [1.82, 2.24) is 15.5 Å². The number of nitrogen functional groups attached to an aromatic ring is 1. The quantitative estimate of drug-likeness (QED) is 0.546. The number of amides is 1. The van der Waals surface area contributed by atoms with Crippen LogP contribution in [0.4, 0.5) is 5.69 Å². The minimum absolute atomic E-state index is 0.0426. The maximum absolute atomic E-state index is 11.5. The number of hydrogen-bond donors (Lipinski definition) is 3. The predicted octanol–water partition coefficient (Wildman–Crippen LogP) is 0.774. The highest BCUT2D eigenvalue weighted by atomic mass is 16.5. The molecule has 7 heteroatoms. The predicted molar refractivity (Wildman–Crippen MR) is 63.8 cm³/mol. The Bertz CT molecular complexity index is 579. The lowest BCUT2D eigenvalue weighted by atomic mass is 10.2. The van der Waals surface area contributed by atoms with E-state index in [4.69, 9.17) is 10.3 Å². The lowest BCUT2D eigenvalue weighted by Gasteiger charge is -2.01. The normalized spacial score (nSPS) is 10.3. The molecule has 0 radical (unpaired) electrons. The number of aromatic nitrogens is 2. The summed E-state index contributed by atoms with van der Waals surface area (Å²) in [5.41, 5.74) is 6.04. The Morgan fingerprint density at radius 2 is 2.33 bits per heavy atom. The number of rotatable bonds is 3. The molecule has 0 spiro atoms. The summed E-state index contributed by atoms with van der Waals surface area (Å²) in [5, 5.41) is 15.8. The number of para-hydroxylation sites is 1. The summed E-state index contributed by atoms with van der Waals surface area (Å²) in [6.07, 6.45) is 0. The van der Waals surface area contributed by atoms with Crippen molar-refractivity contribution in [2.75, 3.05) is 12.3 Å². The number of nitrogens with one attached hydrogen (secondary N) is 1. The number of phenolic OH excluding ortho intramolecular Hbond substituents is 1. The van der Waals surface area contributed by atoms with E-state index in [1.807, 2.05) is 0 Å². The van der Waals surface area contributed by atoms with Gasteiger partial charge in [0.05, 0.1) is 11.3 Å². The number of carbonyl (C=O) groups excluding carboxylic acids is 1. The highest BCUT2D eigenvalue weighted by Crippen LogP contribution is 2.32. The average molecular weight is 248 g/mol. The zero-order chi connectivity index (χ0) is 13.1. The van der Waals surface area contributed by atoms with Crippen molar-refractivity contribution >= 4 is 11.6 Å². The van der Waals surface area contributed by atoms with Gasteiger partial charge in [-0.2, -0.15) is 4.98 Å². The number of benzene rings is 1. The van der Waals surface area contributed by atoms with Gasteiger partial charge in [-0.25, -0.2) is 0 Å². The second-order valence-electron chi connectivity index (χ2n) is 3.53. The number of nitrogens with two attached hydrogens (primary N) is 1. The molecule has 1 heterocycles. The summed E-state index contributed by atoms with van der Waals surface area (Å²) in [6.45, 7) is 2.24. The molecule has 0 saturated heterocycles. The summed E-state index contributed by atoms with van der Waals surface area (Å²) in [7, 11) is 0. The van der Waals surface area contributed by atoms with Crippen LogP contribution in [0.2, 0.25) is 0 Å². The van der Waals surface area contributed by atoms with Crippen LogP contribution in [0.3, 0.4) is 0 Å². The Morgan fingerprint density at radius 1 is 1.56 bits per heavy atom. The smallest absolute Gasteiger partial charge is 0.292 e. The Hall–Kier alpha value is -2.57. The molecule has 0 bridgehead atoms. The minimum atomic E-state index is -0.434. The van der Waals surface area contributed by atoms with Crippen LogP contribution in [0.1, 0.15) is 17.5 Å². The van der Waals surface area contributed by atoms with Crippen molar-refractivity contribution in [3.63, 3.8) is 0 Å². The molecule has 0 aliphatic heterocycles. The van der Waals surface area contributed by atoms with Crippen molar-refractivity contribution in [2.24, 2.45) is 0 Å². The van der Waals surface area contributed by atoms with Crippen molar-refractivity contribution in [1.29, 1.82) is 0 Å². The van der Waals surface area contributed by atoms with E-state index in [-0.39, 0.29) is 28.7 Å². The van der Waals surface area contributed by atoms with Gasteiger partial charge in [-0.1, -0.05) is 11.2 Å². The molecule has 0 aliphatic rings. The zero-order valence-electron chi connectivity index (χ0n) is 9.67. The molecule has 1 amide bonds. The van der Waals surface area contributed by atoms with Gasteiger partial charge in [0.25, 0.3) is 17.6 Å². The van der Waals surface area contributed by atoms with Crippen molar-refractivity contribution in [3.8, 4) is 17.2 Å². The fraction of sp³-hybridized carbons (Fsp3) is 0.182. The van der Waals surface area contributed by atoms with Crippen LogP contribution in [0.5, 0.6) is 5.75 Å². The lowest BCUT2D eigenvalue weighted by molar-refractivity contribution is 0.0942. The Labute approximate surface area is 103 Å². The van der Waals surface area contributed by atoms with Crippen molar-refractivity contribution < 1.29 is 14.4 Å². The van der Waals surface area contributed by atoms with Crippen LogP contribution in [0, 0.1) is 0 Å². The number of nitrogens with zero attached hydrogens (tertiary/aromatic N) is 2. The molecule has 1 aromatic heterocycles. The molecule has 4 N–H and O–H groups in total. The van der Waals surface area contributed by atoms with E-state index < -0.39 is 5.91 Å². The topological polar surface area (TPSA) is 114 Å². The first-order valence-corrected chi connectivity index (χ1v) is 5.33. The first kappa shape index (κ1) is 11.9. The van der Waals surface area contributed by atoms with Crippen molar-refractivity contribution in [3.05, 3.63) is 24.0 Å². The molecule has 0 aliphatic carbocycles. The Morgan fingerprint density at radius 3 is 3.06 bits per heavy atom. The molecule has 0 saturated carbocycles. The van der Waals surface area contributed by atoms with Crippen LogP contribution in [-0.2, 0) is 0 Å². The molecule has 0 fully saturated rings. The summed E-state index contributed by atoms with van der Waals surface area (Å²) in [4.78, 5) is 15.4. The average Bonchev–Trinajstić information content (AvgIpc) is 2.82. The lowest BCUT2D eigenvalue weighted by Crippen LogP contribution is -2.23. The summed E-state index contributed by atoms with van der Waals surface area (Å²) < 4.78 is 4.92. The molecule has 2 rings (SSSR count). The summed E-state index contributed by atoms with van der Waals surface area (Å²) >= 11 is 0. The molecule has 0 unspecified atom stereocenters. The monoisotopic (exact) mass is 248 g/mol. The summed E-state index contributed by atoms with van der Waals surface area (Å²) in [6, 6.07) is 4.75. The first-order valence-electron chi connectivity index (χ1n) is 5.33. The van der Waals surface area contributed by atoms with E-state index in [0.717, 1.165) is 0 Å². The summed E-state index contributed by atoms with van der Waals surface area (Å²) in [5.74, 6) is -0.630. The van der Waals surface area contributed by atoms with E-state index in [1.54, 1.807) is 25.1 Å². The van der Waals surface area contributed by atoms with Gasteiger partial charge < -0.3 is 20.7 Å². The fourth-order valence-corrected chi connectivity index (χ4v) is 1.40. The third kappa shape index (κ3) is 2.10. The van der Waals surface area contributed by atoms with Crippen LogP contribution < -0.4 is 11.1 Å². The van der Waals surface area contributed by atoms with Gasteiger partial charge in [0.15, 0.2) is 5.75 Å². The molecule has 94 valence electrons. The fourth-order valence-electron chi connectivity index (χ4n) is 1.40. The highest BCUT2D eigenvalue weighted by Gasteiger charge is 2.17. The molecule has 7 nitrogen and oxygen atoms in total. The minimum Gasteiger partial charge on any atom is -0.505 e. The van der Waals surface area contributed by atoms with Crippen LogP contribution in [-0.4, -0.2) is 27.7 Å². The standard InChI is InChI=1S/C11H12N4O3/c1-2-13-10(17)9-14-11(18-15-9)6-4-3-5-7(12)8(6)16/h3-5,16H,2,12H2,1H3,(H,13,17). The Balaban J connectivity index is 2.35. The van der Waals surface area contributed by atoms with Gasteiger partial charge in [-0.3, -0.25) is 4.79 Å². The molecular weight excluding hydrogens is 236 g/mol. The number of aromatic hydroxyl groups is 1. The van der Waals surface area contributed by atoms with Gasteiger partial charge in [0.1, 0.15) is 0 Å². The number of anilines is 1. The second kappa shape index (κ2) is 4.74. The largest absolute Gasteiger partial charge is 0.505 e. The molecular formula is C11H12N4O3. The maximum Gasteiger partial charge on any atom is 0.292 e.